The van der Waals surface area contributed by atoms with Crippen LogP contribution in [0.3, 0.4) is 0 Å². The molecule has 0 bridgehead atoms. The predicted molar refractivity (Wildman–Crippen MR) is 166 cm³/mol. The van der Waals surface area contributed by atoms with Gasteiger partial charge in [0.15, 0.2) is 0 Å². The van der Waals surface area contributed by atoms with E-state index in [9.17, 15) is 18.0 Å². The lowest BCUT2D eigenvalue weighted by molar-refractivity contribution is -0.140. The smallest absolute Gasteiger partial charge is 0.264 e. The number of amides is 2. The van der Waals surface area contributed by atoms with E-state index in [-0.39, 0.29) is 23.4 Å². The molecule has 10 heteroatoms. The minimum Gasteiger partial charge on any atom is -0.352 e. The third-order valence-electron chi connectivity index (χ3n) is 6.84. The molecule has 0 aliphatic heterocycles. The summed E-state index contributed by atoms with van der Waals surface area (Å²) in [4.78, 5) is 28.9. The van der Waals surface area contributed by atoms with E-state index in [4.69, 9.17) is 23.2 Å². The van der Waals surface area contributed by atoms with Crippen molar-refractivity contribution in [1.82, 2.24) is 10.2 Å². The van der Waals surface area contributed by atoms with Crippen LogP contribution in [0.4, 0.5) is 5.69 Å². The average molecular weight is 619 g/mol. The van der Waals surface area contributed by atoms with E-state index in [0.29, 0.717) is 27.7 Å². The van der Waals surface area contributed by atoms with Gasteiger partial charge in [-0.1, -0.05) is 60.0 Å². The summed E-state index contributed by atoms with van der Waals surface area (Å²) in [5, 5.41) is 3.66. The van der Waals surface area contributed by atoms with Crippen LogP contribution in [0.1, 0.15) is 49.4 Å². The van der Waals surface area contributed by atoms with Gasteiger partial charge in [0.1, 0.15) is 12.6 Å². The monoisotopic (exact) mass is 617 g/mol. The van der Waals surface area contributed by atoms with Crippen LogP contribution in [0.15, 0.2) is 65.6 Å². The lowest BCUT2D eigenvalue weighted by Crippen LogP contribution is -2.53. The van der Waals surface area contributed by atoms with Gasteiger partial charge in [0, 0.05) is 22.6 Å². The van der Waals surface area contributed by atoms with E-state index in [1.807, 2.05) is 40.7 Å². The normalized spacial score (nSPS) is 12.2. The third kappa shape index (κ3) is 8.03. The molecule has 1 atom stereocenters. The number of carbonyl (C=O) groups excluding carboxylic acids is 2. The molecule has 3 rings (SSSR count). The molecule has 0 aliphatic carbocycles. The van der Waals surface area contributed by atoms with Gasteiger partial charge in [-0.05, 0) is 94.1 Å². The molecule has 2 amide bonds. The van der Waals surface area contributed by atoms with Gasteiger partial charge in [-0.15, -0.1) is 0 Å². The first kappa shape index (κ1) is 32.4. The van der Waals surface area contributed by atoms with Crippen molar-refractivity contribution in [3.8, 4) is 0 Å². The number of benzene rings is 3. The first-order valence-electron chi connectivity index (χ1n) is 13.4. The van der Waals surface area contributed by atoms with Crippen LogP contribution >= 0.6 is 23.2 Å². The summed E-state index contributed by atoms with van der Waals surface area (Å²) in [5.74, 6) is -0.879. The molecule has 0 aliphatic rings. The number of aryl methyl sites for hydroxylation is 3. The van der Waals surface area contributed by atoms with Crippen LogP contribution < -0.4 is 9.62 Å². The largest absolute Gasteiger partial charge is 0.352 e. The highest BCUT2D eigenvalue weighted by atomic mass is 35.5. The van der Waals surface area contributed by atoms with Crippen molar-refractivity contribution < 1.29 is 18.0 Å². The maximum Gasteiger partial charge on any atom is 0.264 e. The molecule has 220 valence electrons. The zero-order valence-electron chi connectivity index (χ0n) is 24.2. The Morgan fingerprint density at radius 1 is 0.902 bits per heavy atom. The number of halogens is 2. The molecule has 1 N–H and O–H groups in total. The van der Waals surface area contributed by atoms with Crippen molar-refractivity contribution in [1.29, 1.82) is 0 Å². The molecule has 0 radical (unpaired) electrons. The van der Waals surface area contributed by atoms with Crippen molar-refractivity contribution in [2.45, 2.75) is 71.5 Å². The Labute approximate surface area is 253 Å². The zero-order chi connectivity index (χ0) is 30.5. The maximum absolute atomic E-state index is 14.2. The Balaban J connectivity index is 2.11. The van der Waals surface area contributed by atoms with Crippen molar-refractivity contribution in [2.75, 3.05) is 10.8 Å². The first-order valence-corrected chi connectivity index (χ1v) is 15.6. The molecule has 0 heterocycles. The lowest BCUT2D eigenvalue weighted by atomic mass is 10.1. The summed E-state index contributed by atoms with van der Waals surface area (Å²) in [6.07, 6.45) is 0.309. The number of carbonyl (C=O) groups is 2. The molecule has 3 aromatic carbocycles. The van der Waals surface area contributed by atoms with E-state index in [0.717, 1.165) is 21.0 Å². The van der Waals surface area contributed by atoms with Gasteiger partial charge in [0.25, 0.3) is 10.0 Å². The van der Waals surface area contributed by atoms with E-state index < -0.39 is 28.5 Å². The van der Waals surface area contributed by atoms with Crippen LogP contribution in [-0.2, 0) is 26.2 Å². The Morgan fingerprint density at radius 3 is 2.12 bits per heavy atom. The minimum atomic E-state index is -4.15. The highest BCUT2D eigenvalue weighted by molar-refractivity contribution is 7.92. The SMILES string of the molecule is CCC(C(=O)NC(C)C)N(Cc1ccc(Cl)cc1Cl)C(=O)CN(c1ccc(C)c(C)c1)S(=O)(=O)c1ccc(C)cc1. The summed E-state index contributed by atoms with van der Waals surface area (Å²) in [5.41, 5.74) is 3.71. The molecule has 0 aromatic heterocycles. The first-order chi connectivity index (χ1) is 19.2. The summed E-state index contributed by atoms with van der Waals surface area (Å²) in [6, 6.07) is 15.6. The van der Waals surface area contributed by atoms with E-state index in [2.05, 4.69) is 5.32 Å². The fourth-order valence-electron chi connectivity index (χ4n) is 4.38. The highest BCUT2D eigenvalue weighted by Crippen LogP contribution is 2.28. The molecule has 0 saturated heterocycles. The van der Waals surface area contributed by atoms with Crippen LogP contribution in [0, 0.1) is 20.8 Å². The van der Waals surface area contributed by atoms with Gasteiger partial charge in [0.05, 0.1) is 10.6 Å². The predicted octanol–water partition coefficient (Wildman–Crippen LogP) is 6.45. The molecule has 41 heavy (non-hydrogen) atoms. The van der Waals surface area contributed by atoms with Gasteiger partial charge < -0.3 is 10.2 Å². The molecule has 0 saturated carbocycles. The molecule has 7 nitrogen and oxygen atoms in total. The molecule has 1 unspecified atom stereocenters. The second-order valence-electron chi connectivity index (χ2n) is 10.4. The summed E-state index contributed by atoms with van der Waals surface area (Å²) >= 11 is 12.5. The second-order valence-corrected chi connectivity index (χ2v) is 13.1. The summed E-state index contributed by atoms with van der Waals surface area (Å²) < 4.78 is 29.1. The number of nitrogens with one attached hydrogen (secondary N) is 1. The van der Waals surface area contributed by atoms with E-state index in [1.165, 1.54) is 17.0 Å². The second kappa shape index (κ2) is 13.7. The molecular weight excluding hydrogens is 581 g/mol. The van der Waals surface area contributed by atoms with Crippen LogP contribution in [-0.4, -0.2) is 43.8 Å². The topological polar surface area (TPSA) is 86.8 Å². The quantitative estimate of drug-likeness (QED) is 0.268. The van der Waals surface area contributed by atoms with Crippen molar-refractivity contribution >= 4 is 50.7 Å². The summed E-state index contributed by atoms with van der Waals surface area (Å²) in [7, 11) is -4.15. The third-order valence-corrected chi connectivity index (χ3v) is 9.21. The van der Waals surface area contributed by atoms with Gasteiger partial charge in [-0.3, -0.25) is 13.9 Å². The van der Waals surface area contributed by atoms with Crippen LogP contribution in [0.25, 0.3) is 0 Å². The fraction of sp³-hybridized carbons (Fsp3) is 0.355. The molecule has 0 spiro atoms. The number of rotatable bonds is 11. The highest BCUT2D eigenvalue weighted by Gasteiger charge is 2.34. The Bertz CT molecular complexity index is 1510. The zero-order valence-corrected chi connectivity index (χ0v) is 26.6. The fourth-order valence-corrected chi connectivity index (χ4v) is 6.25. The van der Waals surface area contributed by atoms with Gasteiger partial charge in [-0.2, -0.15) is 0 Å². The van der Waals surface area contributed by atoms with Gasteiger partial charge in [-0.25, -0.2) is 8.42 Å². The van der Waals surface area contributed by atoms with Gasteiger partial charge >= 0.3 is 0 Å². The average Bonchev–Trinajstić information content (AvgIpc) is 2.89. The van der Waals surface area contributed by atoms with Gasteiger partial charge in [0.2, 0.25) is 11.8 Å². The van der Waals surface area contributed by atoms with Crippen molar-refractivity contribution in [3.05, 3.63) is 93.0 Å². The molecule has 3 aromatic rings. The molecular formula is C31H37Cl2N3O4S. The number of hydrogen-bond donors (Lipinski definition) is 1. The van der Waals surface area contributed by atoms with E-state index in [1.54, 1.807) is 49.4 Å². The summed E-state index contributed by atoms with van der Waals surface area (Å²) in [6.45, 7) is 10.6. The number of hydrogen-bond acceptors (Lipinski definition) is 4. The standard InChI is InChI=1S/C31H37Cl2N3O4S/c1-7-29(31(38)34-20(2)3)35(18-24-11-12-25(32)17-28(24)33)30(37)19-36(26-13-10-22(5)23(6)16-26)41(39,40)27-14-8-21(4)9-15-27/h8-17,20,29H,7,18-19H2,1-6H3,(H,34,38). The van der Waals surface area contributed by atoms with Crippen molar-refractivity contribution in [3.63, 3.8) is 0 Å². The lowest BCUT2D eigenvalue weighted by Gasteiger charge is -2.34. The number of anilines is 1. The Kier molecular flexibility index (Phi) is 10.9. The van der Waals surface area contributed by atoms with Crippen LogP contribution in [0.5, 0.6) is 0 Å². The number of sulfonamides is 1. The van der Waals surface area contributed by atoms with Crippen LogP contribution in [0.2, 0.25) is 10.0 Å². The Morgan fingerprint density at radius 2 is 1.56 bits per heavy atom. The van der Waals surface area contributed by atoms with Crippen molar-refractivity contribution in [2.24, 2.45) is 0 Å². The Hall–Kier alpha value is -3.07. The minimum absolute atomic E-state index is 0.00972. The molecule has 0 fully saturated rings. The van der Waals surface area contributed by atoms with E-state index >= 15 is 0 Å². The number of nitrogens with zero attached hydrogens (tertiary/aromatic N) is 2. The maximum atomic E-state index is 14.2.